The van der Waals surface area contributed by atoms with Crippen LogP contribution in [0.15, 0.2) is 30.5 Å². The van der Waals surface area contributed by atoms with E-state index >= 15 is 0 Å². The van der Waals surface area contributed by atoms with Crippen LogP contribution in [-0.4, -0.2) is 35.8 Å². The van der Waals surface area contributed by atoms with Crippen LogP contribution >= 0.6 is 11.6 Å². The molecule has 0 atom stereocenters. The Balaban J connectivity index is 2.23. The first-order valence-corrected chi connectivity index (χ1v) is 6.75. The Morgan fingerprint density at radius 1 is 1.35 bits per heavy atom. The summed E-state index contributed by atoms with van der Waals surface area (Å²) in [6, 6.07) is 7.40. The normalized spacial score (nSPS) is 10.6. The average Bonchev–Trinajstić information content (AvgIpc) is 2.81. The number of hydrogen-bond donors (Lipinski definition) is 2. The molecule has 0 aliphatic carbocycles. The van der Waals surface area contributed by atoms with Gasteiger partial charge < -0.3 is 10.6 Å². The molecule has 0 bridgehead atoms. The number of halogens is 1. The van der Waals surface area contributed by atoms with Gasteiger partial charge in [0, 0.05) is 13.1 Å². The standard InChI is InChI=1S/C14H17ClN4O/c1-10-11(14(20)17-8-7-16-2)9-18-19(10)13-6-4-3-5-12(13)15/h3-6,9,16H,7-8H2,1-2H3,(H,17,20). The van der Waals surface area contributed by atoms with Crippen molar-refractivity contribution in [3.05, 3.63) is 46.7 Å². The van der Waals surface area contributed by atoms with Gasteiger partial charge in [-0.2, -0.15) is 5.10 Å². The molecule has 0 unspecified atom stereocenters. The lowest BCUT2D eigenvalue weighted by Gasteiger charge is -2.07. The van der Waals surface area contributed by atoms with Gasteiger partial charge in [0.05, 0.1) is 28.2 Å². The summed E-state index contributed by atoms with van der Waals surface area (Å²) in [7, 11) is 1.84. The number of benzene rings is 1. The SMILES string of the molecule is CNCCNC(=O)c1cnn(-c2ccccc2Cl)c1C. The molecule has 5 nitrogen and oxygen atoms in total. The first-order chi connectivity index (χ1) is 9.65. The van der Waals surface area contributed by atoms with Crippen molar-refractivity contribution < 1.29 is 4.79 Å². The van der Waals surface area contributed by atoms with Crippen molar-refractivity contribution in [3.63, 3.8) is 0 Å². The number of carbonyl (C=O) groups excluding carboxylic acids is 1. The molecule has 0 aliphatic rings. The van der Waals surface area contributed by atoms with E-state index in [-0.39, 0.29) is 5.91 Å². The van der Waals surface area contributed by atoms with Crippen LogP contribution in [0.4, 0.5) is 0 Å². The highest BCUT2D eigenvalue weighted by Gasteiger charge is 2.15. The maximum atomic E-state index is 12.0. The highest BCUT2D eigenvalue weighted by molar-refractivity contribution is 6.32. The summed E-state index contributed by atoms with van der Waals surface area (Å²) in [5.74, 6) is -0.129. The van der Waals surface area contributed by atoms with Gasteiger partial charge in [-0.25, -0.2) is 4.68 Å². The number of carbonyl (C=O) groups is 1. The number of nitrogens with one attached hydrogen (secondary N) is 2. The number of likely N-dealkylation sites (N-methyl/N-ethyl adjacent to an activating group) is 1. The number of amides is 1. The molecule has 0 saturated carbocycles. The molecule has 0 aliphatic heterocycles. The molecule has 2 N–H and O–H groups in total. The second-order valence-electron chi connectivity index (χ2n) is 4.37. The van der Waals surface area contributed by atoms with Crippen molar-refractivity contribution in [2.24, 2.45) is 0 Å². The van der Waals surface area contributed by atoms with Gasteiger partial charge in [0.1, 0.15) is 0 Å². The van der Waals surface area contributed by atoms with Crippen molar-refractivity contribution in [2.75, 3.05) is 20.1 Å². The maximum Gasteiger partial charge on any atom is 0.254 e. The van der Waals surface area contributed by atoms with E-state index in [2.05, 4.69) is 15.7 Å². The molecule has 1 amide bonds. The molecule has 0 saturated heterocycles. The quantitative estimate of drug-likeness (QED) is 0.826. The van der Waals surface area contributed by atoms with E-state index in [0.29, 0.717) is 17.1 Å². The van der Waals surface area contributed by atoms with Gasteiger partial charge >= 0.3 is 0 Å². The number of hydrogen-bond acceptors (Lipinski definition) is 3. The zero-order valence-corrected chi connectivity index (χ0v) is 12.2. The van der Waals surface area contributed by atoms with Crippen molar-refractivity contribution >= 4 is 17.5 Å². The predicted octanol–water partition coefficient (Wildman–Crippen LogP) is 1.78. The lowest BCUT2D eigenvalue weighted by Crippen LogP contribution is -2.30. The lowest BCUT2D eigenvalue weighted by atomic mass is 10.2. The Labute approximate surface area is 122 Å². The molecule has 0 radical (unpaired) electrons. The molecule has 1 aromatic carbocycles. The van der Waals surface area contributed by atoms with E-state index in [9.17, 15) is 4.79 Å². The van der Waals surface area contributed by atoms with Crippen molar-refractivity contribution in [1.29, 1.82) is 0 Å². The second kappa shape index (κ2) is 6.54. The Hall–Kier alpha value is -1.85. The Kier molecular flexibility index (Phi) is 4.76. The molecule has 106 valence electrons. The first kappa shape index (κ1) is 14.6. The average molecular weight is 293 g/mol. The van der Waals surface area contributed by atoms with Crippen LogP contribution in [0.1, 0.15) is 16.1 Å². The topological polar surface area (TPSA) is 58.9 Å². The number of para-hydroxylation sites is 1. The number of rotatable bonds is 5. The van der Waals surface area contributed by atoms with Crippen molar-refractivity contribution in [1.82, 2.24) is 20.4 Å². The summed E-state index contributed by atoms with van der Waals surface area (Å²) in [6.45, 7) is 3.15. The Morgan fingerprint density at radius 2 is 2.10 bits per heavy atom. The summed E-state index contributed by atoms with van der Waals surface area (Å²) in [5.41, 5.74) is 2.09. The molecule has 0 fully saturated rings. The lowest BCUT2D eigenvalue weighted by molar-refractivity contribution is 0.0953. The fourth-order valence-electron chi connectivity index (χ4n) is 1.90. The molecular weight excluding hydrogens is 276 g/mol. The number of nitrogens with zero attached hydrogens (tertiary/aromatic N) is 2. The fourth-order valence-corrected chi connectivity index (χ4v) is 2.11. The maximum absolute atomic E-state index is 12.0. The van der Waals surface area contributed by atoms with E-state index in [1.165, 1.54) is 0 Å². The van der Waals surface area contributed by atoms with Gasteiger partial charge in [-0.05, 0) is 26.1 Å². The minimum Gasteiger partial charge on any atom is -0.351 e. The Morgan fingerprint density at radius 3 is 2.80 bits per heavy atom. The molecule has 20 heavy (non-hydrogen) atoms. The van der Waals surface area contributed by atoms with Crippen LogP contribution in [0.5, 0.6) is 0 Å². The zero-order chi connectivity index (χ0) is 14.5. The molecule has 2 aromatic rings. The Bertz CT molecular complexity index is 609. The summed E-state index contributed by atoms with van der Waals surface area (Å²) < 4.78 is 1.68. The minimum absolute atomic E-state index is 0.129. The van der Waals surface area contributed by atoms with Gasteiger partial charge in [0.25, 0.3) is 5.91 Å². The highest BCUT2D eigenvalue weighted by atomic mass is 35.5. The van der Waals surface area contributed by atoms with Crippen LogP contribution in [0.3, 0.4) is 0 Å². The van der Waals surface area contributed by atoms with E-state index < -0.39 is 0 Å². The molecular formula is C14H17ClN4O. The van der Waals surface area contributed by atoms with Gasteiger partial charge in [-0.1, -0.05) is 23.7 Å². The molecule has 1 aromatic heterocycles. The first-order valence-electron chi connectivity index (χ1n) is 6.37. The third-order valence-electron chi connectivity index (χ3n) is 3.00. The van der Waals surface area contributed by atoms with Crippen LogP contribution < -0.4 is 10.6 Å². The smallest absolute Gasteiger partial charge is 0.254 e. The summed E-state index contributed by atoms with van der Waals surface area (Å²) >= 11 is 6.15. The van der Waals surface area contributed by atoms with E-state index in [0.717, 1.165) is 17.9 Å². The monoisotopic (exact) mass is 292 g/mol. The van der Waals surface area contributed by atoms with Crippen LogP contribution in [0.2, 0.25) is 5.02 Å². The van der Waals surface area contributed by atoms with Gasteiger partial charge in [-0.3, -0.25) is 4.79 Å². The molecule has 0 spiro atoms. The third-order valence-corrected chi connectivity index (χ3v) is 3.32. The molecule has 2 rings (SSSR count). The van der Waals surface area contributed by atoms with E-state index in [4.69, 9.17) is 11.6 Å². The third kappa shape index (κ3) is 3.00. The minimum atomic E-state index is -0.129. The second-order valence-corrected chi connectivity index (χ2v) is 4.77. The number of aromatic nitrogens is 2. The summed E-state index contributed by atoms with van der Waals surface area (Å²) in [6.07, 6.45) is 1.56. The van der Waals surface area contributed by atoms with Crippen LogP contribution in [0, 0.1) is 6.92 Å². The van der Waals surface area contributed by atoms with Crippen LogP contribution in [-0.2, 0) is 0 Å². The summed E-state index contributed by atoms with van der Waals surface area (Å²) in [4.78, 5) is 12.0. The summed E-state index contributed by atoms with van der Waals surface area (Å²) in [5, 5.41) is 10.7. The zero-order valence-electron chi connectivity index (χ0n) is 11.5. The van der Waals surface area contributed by atoms with E-state index in [1.54, 1.807) is 16.9 Å². The van der Waals surface area contributed by atoms with Crippen molar-refractivity contribution in [3.8, 4) is 5.69 Å². The van der Waals surface area contributed by atoms with Gasteiger partial charge in [0.2, 0.25) is 0 Å². The fraction of sp³-hybridized carbons (Fsp3) is 0.286. The highest BCUT2D eigenvalue weighted by Crippen LogP contribution is 2.21. The predicted molar refractivity (Wildman–Crippen MR) is 79.6 cm³/mol. The van der Waals surface area contributed by atoms with Gasteiger partial charge in [-0.15, -0.1) is 0 Å². The van der Waals surface area contributed by atoms with Crippen molar-refractivity contribution in [2.45, 2.75) is 6.92 Å². The largest absolute Gasteiger partial charge is 0.351 e. The van der Waals surface area contributed by atoms with Crippen LogP contribution in [0.25, 0.3) is 5.69 Å². The van der Waals surface area contributed by atoms with E-state index in [1.807, 2.05) is 32.2 Å². The molecule has 6 heteroatoms. The molecule has 1 heterocycles. The van der Waals surface area contributed by atoms with Gasteiger partial charge in [0.15, 0.2) is 0 Å².